The molecule has 2 aliphatic rings. The van der Waals surface area contributed by atoms with Crippen LogP contribution in [0.2, 0.25) is 0 Å². The number of ether oxygens (including phenoxy) is 1. The summed E-state index contributed by atoms with van der Waals surface area (Å²) in [6.07, 6.45) is 5.73. The van der Waals surface area contributed by atoms with E-state index >= 15 is 0 Å². The molecule has 4 N–H and O–H groups in total. The van der Waals surface area contributed by atoms with Crippen LogP contribution in [0.4, 0.5) is 21.9 Å². The first kappa shape index (κ1) is 21.5. The number of nitrogens with zero attached hydrogens (tertiary/aromatic N) is 3. The van der Waals surface area contributed by atoms with Gasteiger partial charge in [-0.1, -0.05) is 18.2 Å². The van der Waals surface area contributed by atoms with E-state index in [0.717, 1.165) is 24.6 Å². The van der Waals surface area contributed by atoms with Gasteiger partial charge in [-0.15, -0.1) is 11.3 Å². The Morgan fingerprint density at radius 1 is 1.14 bits per heavy atom. The number of carbonyl (C=O) groups excluding carboxylic acids is 2. The first-order valence-electron chi connectivity index (χ1n) is 11.3. The summed E-state index contributed by atoms with van der Waals surface area (Å²) in [5.74, 6) is 0.873. The second kappa shape index (κ2) is 8.64. The number of benzene rings is 1. The highest BCUT2D eigenvalue weighted by molar-refractivity contribution is 7.21. The number of aromatic nitrogens is 2. The van der Waals surface area contributed by atoms with Crippen LogP contribution in [0.25, 0.3) is 10.2 Å². The molecule has 2 atom stereocenters. The summed E-state index contributed by atoms with van der Waals surface area (Å²) in [7, 11) is 0. The van der Waals surface area contributed by atoms with E-state index in [9.17, 15) is 9.59 Å². The lowest BCUT2D eigenvalue weighted by Gasteiger charge is -2.28. The van der Waals surface area contributed by atoms with E-state index in [0.29, 0.717) is 38.4 Å². The van der Waals surface area contributed by atoms with Crippen LogP contribution in [-0.4, -0.2) is 34.0 Å². The normalized spacial score (nSPS) is 19.0. The summed E-state index contributed by atoms with van der Waals surface area (Å²) in [5, 5.41) is 6.70. The molecule has 176 valence electrons. The first-order valence-corrected chi connectivity index (χ1v) is 12.2. The van der Waals surface area contributed by atoms with Gasteiger partial charge >= 0.3 is 6.03 Å². The number of amides is 3. The first-order chi connectivity index (χ1) is 17.1. The van der Waals surface area contributed by atoms with Gasteiger partial charge in [0, 0.05) is 24.3 Å². The van der Waals surface area contributed by atoms with Crippen molar-refractivity contribution >= 4 is 50.6 Å². The standard InChI is InChI=1S/C25H22N6O3S/c26-14-6-7-15(12-14)29-23(32)22-21-20-18(10-11-27-24(20)35-22)31(25(33)30-21)16-8-9-19(28-13-16)34-17-4-2-1-3-5-17/h1-5,8-11,13-15H,6-7,12,26H2,(H,29,32)(H,30,33)/t14-,15-/m0/s1. The highest BCUT2D eigenvalue weighted by Gasteiger charge is 2.34. The quantitative estimate of drug-likeness (QED) is 0.373. The lowest BCUT2D eigenvalue weighted by molar-refractivity contribution is 0.0942. The second-order valence-electron chi connectivity index (χ2n) is 8.60. The molecule has 1 aromatic carbocycles. The van der Waals surface area contributed by atoms with Crippen molar-refractivity contribution in [2.75, 3.05) is 10.2 Å². The molecule has 0 saturated heterocycles. The number of thiophene rings is 1. The number of hydrogen-bond acceptors (Lipinski definition) is 7. The number of hydrogen-bond donors (Lipinski definition) is 3. The average molecular weight is 487 g/mol. The van der Waals surface area contributed by atoms with Crippen molar-refractivity contribution in [3.05, 3.63) is 65.8 Å². The van der Waals surface area contributed by atoms with Crippen molar-refractivity contribution in [2.45, 2.75) is 31.3 Å². The van der Waals surface area contributed by atoms with E-state index in [1.165, 1.54) is 16.2 Å². The minimum absolute atomic E-state index is 0.0424. The van der Waals surface area contributed by atoms with E-state index < -0.39 is 0 Å². The van der Waals surface area contributed by atoms with Crippen LogP contribution >= 0.6 is 11.3 Å². The number of urea groups is 1. The Morgan fingerprint density at radius 3 is 2.74 bits per heavy atom. The maximum atomic E-state index is 13.2. The van der Waals surface area contributed by atoms with Gasteiger partial charge in [-0.3, -0.25) is 9.69 Å². The number of nitrogens with two attached hydrogens (primary N) is 1. The summed E-state index contributed by atoms with van der Waals surface area (Å²) < 4.78 is 5.76. The summed E-state index contributed by atoms with van der Waals surface area (Å²) in [6.45, 7) is 0. The molecule has 3 aromatic heterocycles. The Hall–Kier alpha value is -4.02. The summed E-state index contributed by atoms with van der Waals surface area (Å²) in [4.78, 5) is 37.8. The van der Waals surface area contributed by atoms with Crippen LogP contribution in [0.3, 0.4) is 0 Å². The molecule has 1 fully saturated rings. The molecule has 35 heavy (non-hydrogen) atoms. The zero-order chi connectivity index (χ0) is 23.9. The Morgan fingerprint density at radius 2 is 2.00 bits per heavy atom. The van der Waals surface area contributed by atoms with Crippen molar-refractivity contribution < 1.29 is 14.3 Å². The fourth-order valence-electron chi connectivity index (χ4n) is 4.57. The molecule has 6 rings (SSSR count). The molecule has 4 aromatic rings. The molecule has 1 aliphatic heterocycles. The third-order valence-corrected chi connectivity index (χ3v) is 7.30. The molecular weight excluding hydrogens is 464 g/mol. The second-order valence-corrected chi connectivity index (χ2v) is 9.59. The van der Waals surface area contributed by atoms with Gasteiger partial charge in [0.25, 0.3) is 5.91 Å². The van der Waals surface area contributed by atoms with Crippen LogP contribution in [0.1, 0.15) is 28.9 Å². The maximum Gasteiger partial charge on any atom is 0.331 e. The molecule has 9 nitrogen and oxygen atoms in total. The smallest absolute Gasteiger partial charge is 0.331 e. The lowest BCUT2D eigenvalue weighted by Crippen LogP contribution is -2.36. The van der Waals surface area contributed by atoms with Gasteiger partial charge in [0.15, 0.2) is 0 Å². The third-order valence-electron chi connectivity index (χ3n) is 6.21. The molecule has 10 heteroatoms. The van der Waals surface area contributed by atoms with Gasteiger partial charge < -0.3 is 21.1 Å². The number of para-hydroxylation sites is 1. The van der Waals surface area contributed by atoms with E-state index in [1.54, 1.807) is 30.6 Å². The Labute approximate surface area is 204 Å². The predicted octanol–water partition coefficient (Wildman–Crippen LogP) is 4.78. The molecule has 4 heterocycles. The summed E-state index contributed by atoms with van der Waals surface area (Å²) >= 11 is 1.27. The van der Waals surface area contributed by atoms with Gasteiger partial charge in [0.2, 0.25) is 5.88 Å². The van der Waals surface area contributed by atoms with Crippen molar-refractivity contribution in [1.29, 1.82) is 0 Å². The molecule has 0 radical (unpaired) electrons. The van der Waals surface area contributed by atoms with Crippen molar-refractivity contribution in [2.24, 2.45) is 5.73 Å². The van der Waals surface area contributed by atoms with Gasteiger partial charge in [-0.2, -0.15) is 0 Å². The minimum Gasteiger partial charge on any atom is -0.439 e. The Balaban J connectivity index is 1.31. The van der Waals surface area contributed by atoms with Crippen LogP contribution < -0.4 is 26.0 Å². The largest absolute Gasteiger partial charge is 0.439 e. The highest BCUT2D eigenvalue weighted by Crippen LogP contribution is 2.45. The molecule has 1 saturated carbocycles. The minimum atomic E-state index is -0.376. The number of carbonyl (C=O) groups is 2. The van der Waals surface area contributed by atoms with Crippen molar-refractivity contribution in [3.8, 4) is 11.6 Å². The van der Waals surface area contributed by atoms with E-state index in [2.05, 4.69) is 20.6 Å². The fourth-order valence-corrected chi connectivity index (χ4v) is 5.60. The molecule has 0 bridgehead atoms. The maximum absolute atomic E-state index is 13.2. The fraction of sp³-hybridized carbons (Fsp3) is 0.200. The monoisotopic (exact) mass is 486 g/mol. The van der Waals surface area contributed by atoms with Crippen LogP contribution in [0.5, 0.6) is 11.6 Å². The number of nitrogens with one attached hydrogen (secondary N) is 2. The summed E-state index contributed by atoms with van der Waals surface area (Å²) in [5.41, 5.74) is 7.69. The van der Waals surface area contributed by atoms with Gasteiger partial charge in [-0.25, -0.2) is 14.8 Å². The summed E-state index contributed by atoms with van der Waals surface area (Å²) in [6, 6.07) is 14.4. The Bertz CT molecular complexity index is 1420. The zero-order valence-corrected chi connectivity index (χ0v) is 19.4. The molecule has 3 amide bonds. The van der Waals surface area contributed by atoms with Crippen molar-refractivity contribution in [3.63, 3.8) is 0 Å². The highest BCUT2D eigenvalue weighted by atomic mass is 32.1. The van der Waals surface area contributed by atoms with Crippen molar-refractivity contribution in [1.82, 2.24) is 15.3 Å². The Kier molecular flexibility index (Phi) is 5.31. The SMILES string of the molecule is N[C@H]1CC[C@H](NC(=O)c2sc3nccc4c3c2NC(=O)N4c2ccc(Oc3ccccc3)nc2)C1. The van der Waals surface area contributed by atoms with Gasteiger partial charge in [-0.05, 0) is 43.5 Å². The van der Waals surface area contributed by atoms with E-state index in [-0.39, 0.29) is 24.0 Å². The number of pyridine rings is 2. The lowest BCUT2D eigenvalue weighted by atomic mass is 10.1. The van der Waals surface area contributed by atoms with E-state index in [1.807, 2.05) is 30.3 Å². The van der Waals surface area contributed by atoms with Crippen LogP contribution in [0.15, 0.2) is 60.9 Å². The average Bonchev–Trinajstić information content (AvgIpc) is 3.44. The zero-order valence-electron chi connectivity index (χ0n) is 18.6. The number of anilines is 3. The topological polar surface area (TPSA) is 122 Å². The molecule has 0 spiro atoms. The van der Waals surface area contributed by atoms with Crippen LogP contribution in [0, 0.1) is 0 Å². The molecule has 1 aliphatic carbocycles. The predicted molar refractivity (Wildman–Crippen MR) is 135 cm³/mol. The van der Waals surface area contributed by atoms with Gasteiger partial charge in [0.1, 0.15) is 15.5 Å². The molecule has 0 unspecified atom stereocenters. The van der Waals surface area contributed by atoms with Gasteiger partial charge in [0.05, 0.1) is 28.6 Å². The van der Waals surface area contributed by atoms with E-state index in [4.69, 9.17) is 10.5 Å². The molecular formula is C25H22N6O3S. The number of rotatable bonds is 5. The van der Waals surface area contributed by atoms with Crippen LogP contribution in [-0.2, 0) is 0 Å². The third kappa shape index (κ3) is 3.96.